The van der Waals surface area contributed by atoms with Gasteiger partial charge in [0.05, 0.1) is 28.9 Å². The number of carbonyl (C=O) groups is 2. The number of carbonyl (C=O) groups excluding carboxylic acids is 2. The Morgan fingerprint density at radius 1 is 1.27 bits per heavy atom. The van der Waals surface area contributed by atoms with E-state index in [1.54, 1.807) is 22.5 Å². The Kier molecular flexibility index (Phi) is 5.59. The van der Waals surface area contributed by atoms with Crippen LogP contribution < -0.4 is 15.8 Å². The average Bonchev–Trinajstić information content (AvgIpc) is 3.12. The highest BCUT2D eigenvalue weighted by Gasteiger charge is 2.36. The van der Waals surface area contributed by atoms with Crippen LogP contribution in [0.15, 0.2) is 17.6 Å². The van der Waals surface area contributed by atoms with Crippen molar-refractivity contribution in [2.75, 3.05) is 13.1 Å². The molecule has 8 nitrogen and oxygen atoms in total. The minimum Gasteiger partial charge on any atom is -0.484 e. The van der Waals surface area contributed by atoms with Crippen LogP contribution in [0.4, 0.5) is 4.79 Å². The lowest BCUT2D eigenvalue weighted by molar-refractivity contribution is -0.00326. The summed E-state index contributed by atoms with van der Waals surface area (Å²) in [6.07, 6.45) is 3.46. The van der Waals surface area contributed by atoms with Crippen molar-refractivity contribution in [1.82, 2.24) is 15.2 Å². The average molecular weight is 433 g/mol. The third kappa shape index (κ3) is 4.37. The molecule has 0 radical (unpaired) electrons. The second-order valence-corrected chi connectivity index (χ2v) is 9.72. The van der Waals surface area contributed by atoms with Crippen molar-refractivity contribution in [2.24, 2.45) is 11.7 Å². The molecule has 1 aliphatic heterocycles. The summed E-state index contributed by atoms with van der Waals surface area (Å²) < 4.78 is 6.87. The Balaban J connectivity index is 1.29. The van der Waals surface area contributed by atoms with Gasteiger partial charge < -0.3 is 25.8 Å². The van der Waals surface area contributed by atoms with Gasteiger partial charge in [-0.15, -0.1) is 11.3 Å². The van der Waals surface area contributed by atoms with Crippen molar-refractivity contribution < 1.29 is 19.4 Å². The summed E-state index contributed by atoms with van der Waals surface area (Å²) in [5, 5.41) is 13.3. The molecule has 1 aromatic heterocycles. The predicted octanol–water partition coefficient (Wildman–Crippen LogP) is 2.50. The molecule has 1 saturated heterocycles. The molecule has 3 amide bonds. The molecule has 0 spiro atoms. The summed E-state index contributed by atoms with van der Waals surface area (Å²) in [7, 11) is 0. The second-order valence-electron chi connectivity index (χ2n) is 8.83. The van der Waals surface area contributed by atoms with Crippen molar-refractivity contribution >= 4 is 33.5 Å². The van der Waals surface area contributed by atoms with Crippen LogP contribution >= 0.6 is 11.3 Å². The van der Waals surface area contributed by atoms with Gasteiger partial charge in [0.15, 0.2) is 0 Å². The highest BCUT2D eigenvalue weighted by Crippen LogP contribution is 2.33. The molecule has 4 N–H and O–H groups in total. The molecule has 1 saturated carbocycles. The zero-order valence-electron chi connectivity index (χ0n) is 17.3. The molecule has 1 aromatic carbocycles. The van der Waals surface area contributed by atoms with Crippen molar-refractivity contribution in [3.8, 4) is 5.75 Å². The number of rotatable bonds is 5. The number of fused-ring (bicyclic) bond motifs is 1. The first-order chi connectivity index (χ1) is 14.2. The number of aliphatic hydroxyl groups is 1. The van der Waals surface area contributed by atoms with Gasteiger partial charge in [-0.1, -0.05) is 0 Å². The fourth-order valence-electron chi connectivity index (χ4n) is 4.24. The van der Waals surface area contributed by atoms with Gasteiger partial charge in [-0.05, 0) is 57.6 Å². The molecular formula is C21H28N4O4S. The largest absolute Gasteiger partial charge is 0.484 e. The van der Waals surface area contributed by atoms with E-state index in [1.165, 1.54) is 11.3 Å². The standard InChI is InChI=1S/C21H28N4O4S/c1-21(2,28)13-3-5-14(6-4-13)24-20(27)25-9-15(10-25)29-16-7-12(19(22)26)8-17-18(16)23-11-30-17/h7-8,11,13-15,28H,3-6,9-10H2,1-2H3,(H2,22,26)(H,24,27)/t13-,14-. The lowest BCUT2D eigenvalue weighted by Gasteiger charge is -2.41. The van der Waals surface area contributed by atoms with Crippen molar-refractivity contribution in [1.29, 1.82) is 0 Å². The second kappa shape index (κ2) is 8.03. The van der Waals surface area contributed by atoms with E-state index in [4.69, 9.17) is 10.5 Å². The summed E-state index contributed by atoms with van der Waals surface area (Å²) in [4.78, 5) is 30.1. The van der Waals surface area contributed by atoms with Crippen molar-refractivity contribution in [3.63, 3.8) is 0 Å². The number of primary amides is 1. The van der Waals surface area contributed by atoms with Gasteiger partial charge >= 0.3 is 6.03 Å². The van der Waals surface area contributed by atoms with Gasteiger partial charge in [0.2, 0.25) is 5.91 Å². The predicted molar refractivity (Wildman–Crippen MR) is 115 cm³/mol. The summed E-state index contributed by atoms with van der Waals surface area (Å²) in [6, 6.07) is 3.41. The lowest BCUT2D eigenvalue weighted by atomic mass is 9.77. The number of thiazole rings is 1. The normalized spacial score (nSPS) is 22.6. The van der Waals surface area contributed by atoms with Gasteiger partial charge in [0.1, 0.15) is 17.4 Å². The Labute approximate surface area is 179 Å². The molecule has 0 bridgehead atoms. The molecule has 2 fully saturated rings. The number of benzene rings is 1. The maximum absolute atomic E-state index is 12.5. The molecule has 2 aromatic rings. The number of ether oxygens (including phenoxy) is 1. The maximum atomic E-state index is 12.5. The summed E-state index contributed by atoms with van der Waals surface area (Å²) >= 11 is 1.42. The maximum Gasteiger partial charge on any atom is 0.317 e. The first-order valence-corrected chi connectivity index (χ1v) is 11.2. The van der Waals surface area contributed by atoms with E-state index in [1.807, 2.05) is 13.8 Å². The summed E-state index contributed by atoms with van der Waals surface area (Å²) in [6.45, 7) is 4.68. The van der Waals surface area contributed by atoms with Crippen LogP contribution in [0.2, 0.25) is 0 Å². The van der Waals surface area contributed by atoms with Crippen molar-refractivity contribution in [3.05, 3.63) is 23.2 Å². The fraction of sp³-hybridized carbons (Fsp3) is 0.571. The zero-order chi connectivity index (χ0) is 21.5. The minimum atomic E-state index is -0.661. The molecule has 9 heteroatoms. The molecule has 0 unspecified atom stereocenters. The van der Waals surface area contributed by atoms with Crippen LogP contribution in [-0.4, -0.2) is 57.8 Å². The third-order valence-corrected chi connectivity index (χ3v) is 6.94. The molecule has 162 valence electrons. The van der Waals surface area contributed by atoms with Gasteiger partial charge in [0, 0.05) is 11.6 Å². The van der Waals surface area contributed by atoms with E-state index >= 15 is 0 Å². The fourth-order valence-corrected chi connectivity index (χ4v) is 4.97. The number of hydrogen-bond acceptors (Lipinski definition) is 6. The number of nitrogens with one attached hydrogen (secondary N) is 1. The SMILES string of the molecule is CC(C)(O)[C@H]1CC[C@H](NC(=O)N2CC(Oc3cc(C(N)=O)cc4scnc34)C2)CC1. The van der Waals surface area contributed by atoms with E-state index in [-0.39, 0.29) is 24.1 Å². The first-order valence-electron chi connectivity index (χ1n) is 10.3. The molecule has 1 aliphatic carbocycles. The van der Waals surface area contributed by atoms with Crippen LogP contribution in [0, 0.1) is 5.92 Å². The smallest absolute Gasteiger partial charge is 0.317 e. The molecule has 2 aliphatic rings. The minimum absolute atomic E-state index is 0.0775. The van der Waals surface area contributed by atoms with Crippen LogP contribution in [0.25, 0.3) is 10.2 Å². The Bertz CT molecular complexity index is 940. The monoisotopic (exact) mass is 432 g/mol. The third-order valence-electron chi connectivity index (χ3n) is 6.17. The van der Waals surface area contributed by atoms with E-state index in [0.29, 0.717) is 29.9 Å². The van der Waals surface area contributed by atoms with Crippen LogP contribution in [0.3, 0.4) is 0 Å². The zero-order valence-corrected chi connectivity index (χ0v) is 18.1. The quantitative estimate of drug-likeness (QED) is 0.671. The topological polar surface area (TPSA) is 118 Å². The Hall–Kier alpha value is -2.39. The van der Waals surface area contributed by atoms with Crippen LogP contribution in [0.1, 0.15) is 49.9 Å². The highest BCUT2D eigenvalue weighted by atomic mass is 32.1. The molecule has 2 heterocycles. The number of aromatic nitrogens is 1. The number of likely N-dealkylation sites (tertiary alicyclic amines) is 1. The van der Waals surface area contributed by atoms with Gasteiger partial charge in [-0.3, -0.25) is 4.79 Å². The van der Waals surface area contributed by atoms with Gasteiger partial charge in [-0.25, -0.2) is 9.78 Å². The van der Waals surface area contributed by atoms with Crippen molar-refractivity contribution in [2.45, 2.75) is 57.3 Å². The number of nitrogens with two attached hydrogens (primary N) is 1. The van der Waals surface area contributed by atoms with Gasteiger partial charge in [0.25, 0.3) is 0 Å². The molecule has 4 rings (SSSR count). The lowest BCUT2D eigenvalue weighted by Crippen LogP contribution is -2.60. The van der Waals surface area contributed by atoms with Crippen LogP contribution in [0.5, 0.6) is 5.75 Å². The first kappa shape index (κ1) is 20.9. The molecule has 30 heavy (non-hydrogen) atoms. The van der Waals surface area contributed by atoms with E-state index in [2.05, 4.69) is 10.3 Å². The highest BCUT2D eigenvalue weighted by molar-refractivity contribution is 7.16. The van der Waals surface area contributed by atoms with E-state index < -0.39 is 11.5 Å². The number of amides is 3. The number of nitrogens with zero attached hydrogens (tertiary/aromatic N) is 2. The summed E-state index contributed by atoms with van der Waals surface area (Å²) in [5.74, 6) is 0.299. The van der Waals surface area contributed by atoms with Crippen LogP contribution in [-0.2, 0) is 0 Å². The molecule has 0 atom stereocenters. The summed E-state index contributed by atoms with van der Waals surface area (Å²) in [5.41, 5.74) is 7.55. The number of hydrogen-bond donors (Lipinski definition) is 3. The Morgan fingerprint density at radius 2 is 1.97 bits per heavy atom. The van der Waals surface area contributed by atoms with E-state index in [9.17, 15) is 14.7 Å². The number of urea groups is 1. The van der Waals surface area contributed by atoms with Gasteiger partial charge in [-0.2, -0.15) is 0 Å². The molecular weight excluding hydrogens is 404 g/mol. The Morgan fingerprint density at radius 3 is 2.60 bits per heavy atom. The van der Waals surface area contributed by atoms with E-state index in [0.717, 1.165) is 30.4 Å².